The van der Waals surface area contributed by atoms with Crippen molar-refractivity contribution < 1.29 is 29.3 Å². The molecular formula is C29H38N2O6. The molecule has 2 aromatic carbocycles. The predicted molar refractivity (Wildman–Crippen MR) is 149 cm³/mol. The van der Waals surface area contributed by atoms with Crippen molar-refractivity contribution >= 4 is 29.4 Å². The summed E-state index contributed by atoms with van der Waals surface area (Å²) in [6.45, 7) is 8.85. The van der Waals surface area contributed by atoms with Crippen molar-refractivity contribution in [3.8, 4) is 17.2 Å². The minimum Gasteiger partial charge on any atom is -0.507 e. The second-order valence-corrected chi connectivity index (χ2v) is 8.12. The maximum atomic E-state index is 12.7. The van der Waals surface area contributed by atoms with E-state index in [4.69, 9.17) is 14.6 Å². The molecule has 1 unspecified atom stereocenters. The van der Waals surface area contributed by atoms with Crippen LogP contribution in [0.25, 0.3) is 11.3 Å². The number of hydrogen-bond acceptors (Lipinski definition) is 6. The Morgan fingerprint density at radius 3 is 2.08 bits per heavy atom. The van der Waals surface area contributed by atoms with E-state index < -0.39 is 18.4 Å². The summed E-state index contributed by atoms with van der Waals surface area (Å²) in [5, 5.41) is 22.4. The summed E-state index contributed by atoms with van der Waals surface area (Å²) >= 11 is 0. The fourth-order valence-electron chi connectivity index (χ4n) is 3.22. The molecule has 0 bridgehead atoms. The van der Waals surface area contributed by atoms with Crippen molar-refractivity contribution in [1.29, 1.82) is 0 Å². The number of allylic oxidation sites excluding steroid dienone is 2. The summed E-state index contributed by atoms with van der Waals surface area (Å²) in [5.74, 6) is -0.318. The smallest absolute Gasteiger partial charge is 0.322 e. The molecule has 8 heteroatoms. The lowest BCUT2D eigenvalue weighted by molar-refractivity contribution is -0.137. The highest BCUT2D eigenvalue weighted by Crippen LogP contribution is 2.34. The number of aliphatic hydroxyl groups excluding tert-OH is 1. The Bertz CT molecular complexity index is 1130. The Labute approximate surface area is 219 Å². The van der Waals surface area contributed by atoms with Crippen LogP contribution in [0, 0.1) is 5.92 Å². The third kappa shape index (κ3) is 9.48. The first-order chi connectivity index (χ1) is 17.6. The summed E-state index contributed by atoms with van der Waals surface area (Å²) in [6.07, 6.45) is 4.24. The average molecular weight is 511 g/mol. The zero-order chi connectivity index (χ0) is 28.0. The molecule has 0 aliphatic carbocycles. The normalized spacial score (nSPS) is 12.7. The van der Waals surface area contributed by atoms with Crippen LogP contribution < -0.4 is 14.8 Å². The molecule has 1 atom stereocenters. The maximum absolute atomic E-state index is 12.7. The summed E-state index contributed by atoms with van der Waals surface area (Å²) in [4.78, 5) is 27.2. The summed E-state index contributed by atoms with van der Waals surface area (Å²) in [6, 6.07) is 12.4. The molecule has 0 spiro atoms. The molecule has 1 amide bonds. The van der Waals surface area contributed by atoms with Crippen LogP contribution in [-0.4, -0.2) is 49.0 Å². The van der Waals surface area contributed by atoms with Crippen molar-refractivity contribution in [2.45, 2.75) is 41.0 Å². The van der Waals surface area contributed by atoms with E-state index in [1.54, 1.807) is 62.8 Å². The number of nitrogens with one attached hydrogen (secondary N) is 1. The summed E-state index contributed by atoms with van der Waals surface area (Å²) in [5.41, 5.74) is 2.19. The predicted octanol–water partition coefficient (Wildman–Crippen LogP) is 6.13. The first-order valence-corrected chi connectivity index (χ1v) is 12.0. The number of carboxylic acid groups (broad SMARTS) is 1. The van der Waals surface area contributed by atoms with E-state index in [-0.39, 0.29) is 17.3 Å². The minimum absolute atomic E-state index is 0.146. The van der Waals surface area contributed by atoms with Gasteiger partial charge in [-0.15, -0.1) is 0 Å². The molecule has 0 saturated carbocycles. The minimum atomic E-state index is -1.16. The molecule has 8 nitrogen and oxygen atoms in total. The number of benzene rings is 2. The van der Waals surface area contributed by atoms with Crippen molar-refractivity contribution in [2.75, 3.05) is 20.7 Å². The van der Waals surface area contributed by atoms with E-state index in [2.05, 4.69) is 10.3 Å². The average Bonchev–Trinajstić information content (AvgIpc) is 2.91. The van der Waals surface area contributed by atoms with Crippen molar-refractivity contribution in [1.82, 2.24) is 5.32 Å². The lowest BCUT2D eigenvalue weighted by atomic mass is 9.90. The molecule has 200 valence electrons. The second kappa shape index (κ2) is 15.8. The molecule has 0 saturated heterocycles. The van der Waals surface area contributed by atoms with E-state index in [0.717, 1.165) is 11.3 Å². The topological polar surface area (TPSA) is 117 Å². The highest BCUT2D eigenvalue weighted by molar-refractivity contribution is 6.02. The van der Waals surface area contributed by atoms with Crippen LogP contribution >= 0.6 is 0 Å². The third-order valence-electron chi connectivity index (χ3n) is 5.66. The van der Waals surface area contributed by atoms with Gasteiger partial charge in [-0.1, -0.05) is 19.9 Å². The van der Waals surface area contributed by atoms with Crippen LogP contribution in [0.3, 0.4) is 0 Å². The zero-order valence-electron chi connectivity index (χ0n) is 22.7. The Hall–Kier alpha value is -4.07. The van der Waals surface area contributed by atoms with Gasteiger partial charge in [0.05, 0.1) is 12.7 Å². The van der Waals surface area contributed by atoms with E-state index in [1.807, 2.05) is 40.7 Å². The van der Waals surface area contributed by atoms with Gasteiger partial charge in [-0.2, -0.15) is 0 Å². The summed E-state index contributed by atoms with van der Waals surface area (Å²) in [7, 11) is 3.34. The van der Waals surface area contributed by atoms with E-state index in [9.17, 15) is 14.7 Å². The highest BCUT2D eigenvalue weighted by atomic mass is 16.5. The lowest BCUT2D eigenvalue weighted by Gasteiger charge is -2.19. The molecule has 0 aliphatic heterocycles. The van der Waals surface area contributed by atoms with Crippen LogP contribution in [0.4, 0.5) is 0 Å². The van der Waals surface area contributed by atoms with Crippen LogP contribution in [0.5, 0.6) is 17.2 Å². The molecule has 0 fully saturated rings. The Balaban J connectivity index is 0.00000159. The van der Waals surface area contributed by atoms with Crippen LogP contribution in [-0.2, 0) is 9.59 Å². The highest BCUT2D eigenvalue weighted by Gasteiger charge is 2.24. The SMILES string of the molecule is C/C=C(/C)c1cc(Oc2ccc(OC)cc2)ccc1/C(O)=C(/C(=O)NCC(=O)O)C(C)CC.CC=NC. The van der Waals surface area contributed by atoms with Crippen LogP contribution in [0.1, 0.15) is 52.2 Å². The summed E-state index contributed by atoms with van der Waals surface area (Å²) < 4.78 is 11.1. The van der Waals surface area contributed by atoms with E-state index in [0.29, 0.717) is 29.0 Å². The van der Waals surface area contributed by atoms with Gasteiger partial charge in [0.1, 0.15) is 29.6 Å². The van der Waals surface area contributed by atoms with Crippen molar-refractivity contribution in [2.24, 2.45) is 10.9 Å². The number of ether oxygens (including phenoxy) is 2. The molecule has 0 heterocycles. The Kier molecular flexibility index (Phi) is 13.2. The zero-order valence-corrected chi connectivity index (χ0v) is 22.7. The fraction of sp³-hybridized carbons (Fsp3) is 0.345. The molecule has 2 aromatic rings. The number of amides is 1. The van der Waals surface area contributed by atoms with Gasteiger partial charge in [0.15, 0.2) is 0 Å². The van der Waals surface area contributed by atoms with Crippen molar-refractivity contribution in [3.05, 3.63) is 65.2 Å². The number of aliphatic hydroxyl groups is 1. The Morgan fingerprint density at radius 1 is 1.03 bits per heavy atom. The van der Waals surface area contributed by atoms with Crippen molar-refractivity contribution in [3.63, 3.8) is 0 Å². The van der Waals surface area contributed by atoms with Gasteiger partial charge in [0.2, 0.25) is 0 Å². The number of methoxy groups -OCH3 is 1. The molecule has 0 aliphatic rings. The first kappa shape index (κ1) is 31.0. The number of carbonyl (C=O) groups is 2. The second-order valence-electron chi connectivity index (χ2n) is 8.12. The molecule has 0 aromatic heterocycles. The molecule has 2 rings (SSSR count). The van der Waals surface area contributed by atoms with Gasteiger partial charge < -0.3 is 30.0 Å². The number of rotatable bonds is 10. The Morgan fingerprint density at radius 2 is 1.59 bits per heavy atom. The number of aliphatic carboxylic acids is 1. The molecular weight excluding hydrogens is 472 g/mol. The largest absolute Gasteiger partial charge is 0.507 e. The number of hydrogen-bond donors (Lipinski definition) is 3. The molecule has 37 heavy (non-hydrogen) atoms. The van der Waals surface area contributed by atoms with Crippen LogP contribution in [0.2, 0.25) is 0 Å². The van der Waals surface area contributed by atoms with Gasteiger partial charge in [-0.3, -0.25) is 9.59 Å². The van der Waals surface area contributed by atoms with E-state index in [1.165, 1.54) is 0 Å². The van der Waals surface area contributed by atoms with Gasteiger partial charge in [-0.05, 0) is 92.9 Å². The quantitative estimate of drug-likeness (QED) is 0.201. The first-order valence-electron chi connectivity index (χ1n) is 12.0. The van der Waals surface area contributed by atoms with E-state index >= 15 is 0 Å². The third-order valence-corrected chi connectivity index (χ3v) is 5.66. The molecule has 3 N–H and O–H groups in total. The standard InChI is InChI=1S/C26H31NO6.C3H7N/c1-6-16(3)22-14-20(33-19-10-8-18(32-5)9-11-19)12-13-21(22)25(30)24(17(4)7-2)26(31)27-15-23(28)29;1-3-4-2/h6,8-14,17,30H,7,15H2,1-5H3,(H,27,31)(H,28,29);3H,1-2H3/b16-6-,25-24-;. The van der Waals surface area contributed by atoms with Gasteiger partial charge in [0, 0.05) is 12.6 Å². The maximum Gasteiger partial charge on any atom is 0.322 e. The number of nitrogens with zero attached hydrogens (tertiary/aromatic N) is 1. The lowest BCUT2D eigenvalue weighted by Crippen LogP contribution is -2.32. The monoisotopic (exact) mass is 510 g/mol. The van der Waals surface area contributed by atoms with Gasteiger partial charge in [0.25, 0.3) is 5.91 Å². The number of aliphatic imine (C=N–C) groups is 1. The van der Waals surface area contributed by atoms with Gasteiger partial charge in [-0.25, -0.2) is 0 Å². The fourth-order valence-corrected chi connectivity index (χ4v) is 3.22. The number of carboxylic acids is 1. The number of carbonyl (C=O) groups excluding carboxylic acids is 1. The van der Waals surface area contributed by atoms with Gasteiger partial charge >= 0.3 is 5.97 Å². The molecule has 0 radical (unpaired) electrons. The van der Waals surface area contributed by atoms with Crippen LogP contribution in [0.15, 0.2) is 59.1 Å².